The largest absolute Gasteiger partial charge is 0.493 e. The van der Waals surface area contributed by atoms with E-state index in [9.17, 15) is 9.59 Å². The average Bonchev–Trinajstić information content (AvgIpc) is 3.26. The molecule has 142 valence electrons. The molecule has 0 saturated carbocycles. The minimum absolute atomic E-state index is 0.304. The molecule has 0 atom stereocenters. The van der Waals surface area contributed by atoms with E-state index in [-0.39, 0.29) is 11.8 Å². The van der Waals surface area contributed by atoms with Gasteiger partial charge in [0.2, 0.25) is 5.75 Å². The van der Waals surface area contributed by atoms with Crippen molar-refractivity contribution in [2.24, 2.45) is 0 Å². The number of hydrogen-bond donors (Lipinski definition) is 2. The fourth-order valence-corrected chi connectivity index (χ4v) is 3.44. The lowest BCUT2D eigenvalue weighted by Crippen LogP contribution is -2.21. The Morgan fingerprint density at radius 3 is 1.64 bits per heavy atom. The number of methoxy groups -OCH3 is 3. The van der Waals surface area contributed by atoms with E-state index in [2.05, 4.69) is 10.6 Å². The number of nitrogens with one attached hydrogen (secondary N) is 2. The Morgan fingerprint density at radius 2 is 1.18 bits per heavy atom. The van der Waals surface area contributed by atoms with E-state index >= 15 is 0 Å². The van der Waals surface area contributed by atoms with Gasteiger partial charge in [0, 0.05) is 5.56 Å². The molecule has 0 aromatic heterocycles. The van der Waals surface area contributed by atoms with Gasteiger partial charge in [-0.2, -0.15) is 0 Å². The van der Waals surface area contributed by atoms with Gasteiger partial charge in [0.05, 0.1) is 43.9 Å². The molecule has 2 aromatic rings. The van der Waals surface area contributed by atoms with Crippen LogP contribution in [0.3, 0.4) is 0 Å². The van der Waals surface area contributed by atoms with Crippen molar-refractivity contribution in [3.63, 3.8) is 0 Å². The number of carbonyl (C=O) groups is 2. The van der Waals surface area contributed by atoms with Crippen LogP contribution in [0.25, 0.3) is 11.4 Å². The summed E-state index contributed by atoms with van der Waals surface area (Å²) in [6.07, 6.45) is 0. The second-order valence-electron chi connectivity index (χ2n) is 6.19. The molecule has 0 saturated heterocycles. The zero-order valence-electron chi connectivity index (χ0n) is 15.6. The number of amides is 2. The lowest BCUT2D eigenvalue weighted by Gasteiger charge is -2.15. The van der Waals surface area contributed by atoms with Gasteiger partial charge in [-0.25, -0.2) is 0 Å². The molecular weight excluding hydrogens is 360 g/mol. The Labute approximate surface area is 161 Å². The van der Waals surface area contributed by atoms with Crippen LogP contribution in [0.5, 0.6) is 17.2 Å². The van der Waals surface area contributed by atoms with Gasteiger partial charge in [0.15, 0.2) is 11.5 Å². The maximum absolute atomic E-state index is 12.7. The van der Waals surface area contributed by atoms with Crippen LogP contribution >= 0.6 is 0 Å². The molecule has 7 nitrogen and oxygen atoms in total. The second kappa shape index (κ2) is 6.77. The summed E-state index contributed by atoms with van der Waals surface area (Å²) in [7, 11) is 4.52. The maximum atomic E-state index is 12.7. The summed E-state index contributed by atoms with van der Waals surface area (Å²) in [4.78, 5) is 25.4. The molecule has 0 radical (unpaired) electrons. The number of rotatable bonds is 5. The summed E-state index contributed by atoms with van der Waals surface area (Å²) in [5, 5.41) is 5.63. The molecule has 2 aliphatic rings. The molecule has 0 unspecified atom stereocenters. The highest BCUT2D eigenvalue weighted by atomic mass is 16.5. The normalized spacial score (nSPS) is 15.4. The smallest absolute Gasteiger partial charge is 0.258 e. The molecular formula is C21H18N2O5. The molecule has 0 bridgehead atoms. The van der Waals surface area contributed by atoms with E-state index in [1.165, 1.54) is 21.3 Å². The quantitative estimate of drug-likeness (QED) is 0.832. The molecule has 7 heteroatoms. The lowest BCUT2D eigenvalue weighted by atomic mass is 10.0. The van der Waals surface area contributed by atoms with Crippen molar-refractivity contribution in [2.75, 3.05) is 21.3 Å². The van der Waals surface area contributed by atoms with Gasteiger partial charge < -0.3 is 24.8 Å². The zero-order valence-corrected chi connectivity index (χ0v) is 15.6. The Hall–Kier alpha value is -3.74. The van der Waals surface area contributed by atoms with Crippen LogP contribution in [0.15, 0.2) is 53.6 Å². The van der Waals surface area contributed by atoms with Crippen molar-refractivity contribution in [2.45, 2.75) is 0 Å². The van der Waals surface area contributed by atoms with E-state index in [1.54, 1.807) is 12.1 Å². The first-order valence-corrected chi connectivity index (χ1v) is 8.56. The van der Waals surface area contributed by atoms with Crippen LogP contribution in [0, 0.1) is 0 Å². The van der Waals surface area contributed by atoms with Crippen LogP contribution in [0.1, 0.15) is 11.1 Å². The van der Waals surface area contributed by atoms with Crippen molar-refractivity contribution in [1.82, 2.24) is 10.6 Å². The van der Waals surface area contributed by atoms with Gasteiger partial charge in [-0.15, -0.1) is 0 Å². The summed E-state index contributed by atoms with van der Waals surface area (Å²) < 4.78 is 16.1. The highest BCUT2D eigenvalue weighted by Gasteiger charge is 2.41. The van der Waals surface area contributed by atoms with E-state index in [0.29, 0.717) is 45.4 Å². The van der Waals surface area contributed by atoms with Gasteiger partial charge in [-0.3, -0.25) is 9.59 Å². The van der Waals surface area contributed by atoms with E-state index in [1.807, 2.05) is 30.3 Å². The molecule has 2 N–H and O–H groups in total. The zero-order chi connectivity index (χ0) is 19.8. The highest BCUT2D eigenvalue weighted by Crippen LogP contribution is 2.43. The number of fused-ring (bicyclic) bond motifs is 1. The van der Waals surface area contributed by atoms with Crippen LogP contribution in [-0.2, 0) is 9.59 Å². The summed E-state index contributed by atoms with van der Waals surface area (Å²) in [5.74, 6) is 0.615. The molecule has 4 rings (SSSR count). The molecule has 2 heterocycles. The van der Waals surface area contributed by atoms with Crippen LogP contribution in [0.4, 0.5) is 0 Å². The number of hydrogen-bond acceptors (Lipinski definition) is 5. The average molecular weight is 378 g/mol. The Balaban J connectivity index is 1.91. The van der Waals surface area contributed by atoms with Crippen molar-refractivity contribution < 1.29 is 23.8 Å². The molecule has 0 aliphatic carbocycles. The standard InChI is InChI=1S/C21H18N2O5/c1-26-13-9-12(10-14(27-2)19(13)28-3)18-16-15(20(24)23-18)17(22-21(16)25)11-7-5-4-6-8-11/h4-10H,1-3H3,(H,22,25)(H,23,24). The second-order valence-corrected chi connectivity index (χ2v) is 6.19. The maximum Gasteiger partial charge on any atom is 0.258 e. The van der Waals surface area contributed by atoms with Crippen molar-refractivity contribution >= 4 is 23.2 Å². The molecule has 0 fully saturated rings. The van der Waals surface area contributed by atoms with Gasteiger partial charge in [0.1, 0.15) is 0 Å². The Morgan fingerprint density at radius 1 is 0.679 bits per heavy atom. The topological polar surface area (TPSA) is 85.9 Å². The Bertz CT molecular complexity index is 1030. The van der Waals surface area contributed by atoms with Crippen LogP contribution < -0.4 is 24.8 Å². The third-order valence-electron chi connectivity index (χ3n) is 4.70. The minimum Gasteiger partial charge on any atom is -0.493 e. The fraction of sp³-hybridized carbons (Fsp3) is 0.143. The van der Waals surface area contributed by atoms with Crippen LogP contribution in [0.2, 0.25) is 0 Å². The van der Waals surface area contributed by atoms with Gasteiger partial charge in [0.25, 0.3) is 11.8 Å². The van der Waals surface area contributed by atoms with Gasteiger partial charge >= 0.3 is 0 Å². The Kier molecular flexibility index (Phi) is 4.27. The van der Waals surface area contributed by atoms with E-state index in [4.69, 9.17) is 14.2 Å². The minimum atomic E-state index is -0.337. The monoisotopic (exact) mass is 378 g/mol. The third-order valence-corrected chi connectivity index (χ3v) is 4.70. The van der Waals surface area contributed by atoms with E-state index in [0.717, 1.165) is 5.56 Å². The first-order valence-electron chi connectivity index (χ1n) is 8.56. The predicted molar refractivity (Wildman–Crippen MR) is 103 cm³/mol. The molecule has 28 heavy (non-hydrogen) atoms. The molecule has 2 amide bonds. The predicted octanol–water partition coefficient (Wildman–Crippen LogP) is 2.09. The number of carbonyl (C=O) groups excluding carboxylic acids is 2. The molecule has 2 aromatic carbocycles. The van der Waals surface area contributed by atoms with Crippen molar-refractivity contribution in [3.8, 4) is 17.2 Å². The molecule has 0 spiro atoms. The summed E-state index contributed by atoms with van der Waals surface area (Å²) in [6, 6.07) is 12.7. The summed E-state index contributed by atoms with van der Waals surface area (Å²) in [6.45, 7) is 0. The van der Waals surface area contributed by atoms with Crippen molar-refractivity contribution in [1.29, 1.82) is 0 Å². The third kappa shape index (κ3) is 2.60. The summed E-state index contributed by atoms with van der Waals surface area (Å²) >= 11 is 0. The first kappa shape index (κ1) is 17.7. The highest BCUT2D eigenvalue weighted by molar-refractivity contribution is 6.30. The van der Waals surface area contributed by atoms with Crippen molar-refractivity contribution in [3.05, 3.63) is 64.7 Å². The van der Waals surface area contributed by atoms with Gasteiger partial charge in [-0.05, 0) is 17.7 Å². The first-order chi connectivity index (χ1) is 13.6. The van der Waals surface area contributed by atoms with Crippen LogP contribution in [-0.4, -0.2) is 33.1 Å². The lowest BCUT2D eigenvalue weighted by molar-refractivity contribution is -0.117. The molecule has 2 aliphatic heterocycles. The SMILES string of the molecule is COc1cc(C2=C3C(=O)NC(c4ccccc4)=C3C(=O)N2)cc(OC)c1OC. The van der Waals surface area contributed by atoms with E-state index < -0.39 is 0 Å². The fourth-order valence-electron chi connectivity index (χ4n) is 3.44. The summed E-state index contributed by atoms with van der Waals surface area (Å²) in [5.41, 5.74) is 2.89. The number of ether oxygens (including phenoxy) is 3. The van der Waals surface area contributed by atoms with Gasteiger partial charge in [-0.1, -0.05) is 30.3 Å². The number of benzene rings is 2.